The lowest BCUT2D eigenvalue weighted by Gasteiger charge is -2.08. The smallest absolute Gasteiger partial charge is 0.377 e. The van der Waals surface area contributed by atoms with Crippen molar-refractivity contribution in [3.63, 3.8) is 0 Å². The second kappa shape index (κ2) is 3.38. The number of nitrogens with zero attached hydrogens (tertiary/aromatic N) is 2. The third kappa shape index (κ3) is 1.48. The van der Waals surface area contributed by atoms with Crippen LogP contribution < -0.4 is 5.32 Å². The number of carboxylic acids is 1. The Morgan fingerprint density at radius 3 is 3.00 bits per heavy atom. The Bertz CT molecular complexity index is 349. The molecule has 0 saturated carbocycles. The second-order valence-electron chi connectivity index (χ2n) is 3.40. The normalized spacial score (nSPS) is 26.6. The predicted octanol–water partition coefficient (Wildman–Crippen LogP) is 0.233. The summed E-state index contributed by atoms with van der Waals surface area (Å²) >= 11 is 0. The first-order chi connectivity index (χ1) is 6.68. The fraction of sp³-hybridized carbons (Fsp3) is 0.625. The molecule has 1 aliphatic rings. The number of carboxylic acid groups (broad SMARTS) is 1. The SMILES string of the molecule is CC1NCCC1c1nc(C(=O)O)no1. The van der Waals surface area contributed by atoms with Gasteiger partial charge >= 0.3 is 5.97 Å². The van der Waals surface area contributed by atoms with Crippen LogP contribution in [0.4, 0.5) is 0 Å². The molecule has 2 unspecified atom stereocenters. The van der Waals surface area contributed by atoms with Crippen LogP contribution in [0.15, 0.2) is 4.52 Å². The minimum Gasteiger partial charge on any atom is -0.475 e. The molecule has 0 bridgehead atoms. The molecule has 1 aromatic rings. The molecular formula is C8H11N3O3. The number of hydrogen-bond acceptors (Lipinski definition) is 5. The van der Waals surface area contributed by atoms with Crippen LogP contribution in [-0.4, -0.2) is 33.8 Å². The number of rotatable bonds is 2. The molecule has 1 fully saturated rings. The van der Waals surface area contributed by atoms with Crippen molar-refractivity contribution >= 4 is 5.97 Å². The maximum Gasteiger partial charge on any atom is 0.377 e. The van der Waals surface area contributed by atoms with Crippen molar-refractivity contribution in [2.24, 2.45) is 0 Å². The molecule has 2 rings (SSSR count). The molecule has 6 nitrogen and oxygen atoms in total. The van der Waals surface area contributed by atoms with E-state index in [4.69, 9.17) is 9.63 Å². The molecule has 0 radical (unpaired) electrons. The molecule has 1 aliphatic heterocycles. The molecule has 76 valence electrons. The lowest BCUT2D eigenvalue weighted by atomic mass is 10.0. The Hall–Kier alpha value is -1.43. The lowest BCUT2D eigenvalue weighted by Crippen LogP contribution is -2.21. The van der Waals surface area contributed by atoms with E-state index in [1.807, 2.05) is 6.92 Å². The van der Waals surface area contributed by atoms with Crippen LogP contribution in [0.3, 0.4) is 0 Å². The van der Waals surface area contributed by atoms with Gasteiger partial charge < -0.3 is 14.9 Å². The van der Waals surface area contributed by atoms with Crippen LogP contribution in [0, 0.1) is 0 Å². The topological polar surface area (TPSA) is 88.2 Å². The molecular weight excluding hydrogens is 186 g/mol. The van der Waals surface area contributed by atoms with Crippen molar-refractivity contribution in [2.75, 3.05) is 6.54 Å². The number of hydrogen-bond donors (Lipinski definition) is 2. The van der Waals surface area contributed by atoms with Gasteiger partial charge in [0, 0.05) is 6.04 Å². The van der Waals surface area contributed by atoms with Crippen molar-refractivity contribution in [1.29, 1.82) is 0 Å². The van der Waals surface area contributed by atoms with Gasteiger partial charge in [-0.25, -0.2) is 4.79 Å². The van der Waals surface area contributed by atoms with Crippen LogP contribution >= 0.6 is 0 Å². The monoisotopic (exact) mass is 197 g/mol. The lowest BCUT2D eigenvalue weighted by molar-refractivity contribution is 0.0680. The zero-order valence-electron chi connectivity index (χ0n) is 7.73. The third-order valence-electron chi connectivity index (χ3n) is 2.48. The summed E-state index contributed by atoms with van der Waals surface area (Å²) in [5, 5.41) is 15.2. The summed E-state index contributed by atoms with van der Waals surface area (Å²) in [6.45, 7) is 2.92. The van der Waals surface area contributed by atoms with Gasteiger partial charge in [-0.2, -0.15) is 4.98 Å². The highest BCUT2D eigenvalue weighted by atomic mass is 16.5. The summed E-state index contributed by atoms with van der Waals surface area (Å²) in [6.07, 6.45) is 0.905. The maximum absolute atomic E-state index is 10.5. The molecule has 2 heterocycles. The van der Waals surface area contributed by atoms with Gasteiger partial charge in [0.15, 0.2) is 0 Å². The van der Waals surface area contributed by atoms with E-state index >= 15 is 0 Å². The molecule has 2 atom stereocenters. The van der Waals surface area contributed by atoms with E-state index in [2.05, 4.69) is 15.5 Å². The van der Waals surface area contributed by atoms with E-state index < -0.39 is 5.97 Å². The van der Waals surface area contributed by atoms with Gasteiger partial charge in [-0.05, 0) is 25.0 Å². The summed E-state index contributed by atoms with van der Waals surface area (Å²) in [5.41, 5.74) is 0. The highest BCUT2D eigenvalue weighted by Gasteiger charge is 2.30. The third-order valence-corrected chi connectivity index (χ3v) is 2.48. The van der Waals surface area contributed by atoms with Crippen LogP contribution in [-0.2, 0) is 0 Å². The average molecular weight is 197 g/mol. The molecule has 1 saturated heterocycles. The molecule has 1 aromatic heterocycles. The molecule has 0 aliphatic carbocycles. The van der Waals surface area contributed by atoms with Gasteiger partial charge in [-0.1, -0.05) is 0 Å². The van der Waals surface area contributed by atoms with E-state index in [9.17, 15) is 4.79 Å². The summed E-state index contributed by atoms with van der Waals surface area (Å²) in [6, 6.07) is 0.261. The molecule has 6 heteroatoms. The number of nitrogens with one attached hydrogen (secondary N) is 1. The Labute approximate surface area is 80.3 Å². The van der Waals surface area contributed by atoms with Gasteiger partial charge in [-0.15, -0.1) is 0 Å². The Balaban J connectivity index is 2.20. The van der Waals surface area contributed by atoms with Crippen molar-refractivity contribution < 1.29 is 14.4 Å². The van der Waals surface area contributed by atoms with Crippen LogP contribution in [0.25, 0.3) is 0 Å². The Morgan fingerprint density at radius 2 is 2.50 bits per heavy atom. The number of aromatic carboxylic acids is 1. The zero-order valence-corrected chi connectivity index (χ0v) is 7.73. The fourth-order valence-corrected chi connectivity index (χ4v) is 1.67. The van der Waals surface area contributed by atoms with E-state index in [1.165, 1.54) is 0 Å². The highest BCUT2D eigenvalue weighted by Crippen LogP contribution is 2.25. The van der Waals surface area contributed by atoms with E-state index in [-0.39, 0.29) is 17.8 Å². The molecule has 0 amide bonds. The quantitative estimate of drug-likeness (QED) is 0.705. The van der Waals surface area contributed by atoms with Crippen LogP contribution in [0.2, 0.25) is 0 Å². The Kier molecular flexibility index (Phi) is 2.20. The predicted molar refractivity (Wildman–Crippen MR) is 46.1 cm³/mol. The van der Waals surface area contributed by atoms with Gasteiger partial charge in [-0.3, -0.25) is 0 Å². The first-order valence-electron chi connectivity index (χ1n) is 4.49. The summed E-state index contributed by atoms with van der Waals surface area (Å²) in [7, 11) is 0. The summed E-state index contributed by atoms with van der Waals surface area (Å²) in [5.74, 6) is -0.867. The first-order valence-corrected chi connectivity index (χ1v) is 4.49. The van der Waals surface area contributed by atoms with Crippen LogP contribution in [0.1, 0.15) is 35.8 Å². The second-order valence-corrected chi connectivity index (χ2v) is 3.40. The summed E-state index contributed by atoms with van der Waals surface area (Å²) < 4.78 is 4.90. The Morgan fingerprint density at radius 1 is 1.71 bits per heavy atom. The van der Waals surface area contributed by atoms with Crippen molar-refractivity contribution in [1.82, 2.24) is 15.5 Å². The largest absolute Gasteiger partial charge is 0.475 e. The molecule has 14 heavy (non-hydrogen) atoms. The zero-order chi connectivity index (χ0) is 10.1. The fourth-order valence-electron chi connectivity index (χ4n) is 1.67. The van der Waals surface area contributed by atoms with Gasteiger partial charge in [0.05, 0.1) is 5.92 Å². The van der Waals surface area contributed by atoms with E-state index in [1.54, 1.807) is 0 Å². The molecule has 0 aromatic carbocycles. The standard InChI is InChI=1S/C8H11N3O3/c1-4-5(2-3-9-4)7-10-6(8(12)13)11-14-7/h4-5,9H,2-3H2,1H3,(H,12,13). The first kappa shape index (κ1) is 9.14. The van der Waals surface area contributed by atoms with Gasteiger partial charge in [0.25, 0.3) is 5.82 Å². The number of aromatic nitrogens is 2. The van der Waals surface area contributed by atoms with E-state index in [0.717, 1.165) is 13.0 Å². The highest BCUT2D eigenvalue weighted by molar-refractivity contribution is 5.82. The summed E-state index contributed by atoms with van der Waals surface area (Å²) in [4.78, 5) is 14.3. The maximum atomic E-state index is 10.5. The molecule has 0 spiro atoms. The van der Waals surface area contributed by atoms with Crippen molar-refractivity contribution in [3.05, 3.63) is 11.7 Å². The average Bonchev–Trinajstić information content (AvgIpc) is 2.71. The number of carbonyl (C=O) groups is 1. The molecule has 2 N–H and O–H groups in total. The van der Waals surface area contributed by atoms with Gasteiger partial charge in [0.2, 0.25) is 5.89 Å². The van der Waals surface area contributed by atoms with Crippen LogP contribution in [0.5, 0.6) is 0 Å². The van der Waals surface area contributed by atoms with Gasteiger partial charge in [0.1, 0.15) is 0 Å². The van der Waals surface area contributed by atoms with Crippen molar-refractivity contribution in [3.8, 4) is 0 Å². The van der Waals surface area contributed by atoms with Crippen molar-refractivity contribution in [2.45, 2.75) is 25.3 Å². The minimum absolute atomic E-state index is 0.135. The van der Waals surface area contributed by atoms with E-state index in [0.29, 0.717) is 5.89 Å². The minimum atomic E-state index is -1.15.